The van der Waals surface area contributed by atoms with Crippen molar-refractivity contribution < 1.29 is 8.42 Å². The van der Waals surface area contributed by atoms with Gasteiger partial charge in [-0.15, -0.1) is 0 Å². The van der Waals surface area contributed by atoms with Crippen LogP contribution in [0.25, 0.3) is 0 Å². The van der Waals surface area contributed by atoms with Gasteiger partial charge in [0.15, 0.2) is 0 Å². The van der Waals surface area contributed by atoms with Crippen molar-refractivity contribution in [1.29, 1.82) is 0 Å². The van der Waals surface area contributed by atoms with E-state index in [1.54, 1.807) is 12.1 Å². The molecule has 2 N–H and O–H groups in total. The third kappa shape index (κ3) is 3.42. The molecule has 4 heteroatoms. The van der Waals surface area contributed by atoms with Crippen molar-refractivity contribution >= 4 is 10.0 Å². The summed E-state index contributed by atoms with van der Waals surface area (Å²) < 4.78 is 22.5. The zero-order valence-electron chi connectivity index (χ0n) is 9.91. The first-order valence-electron chi connectivity index (χ1n) is 5.71. The summed E-state index contributed by atoms with van der Waals surface area (Å²) in [6.07, 6.45) is 1.68. The predicted octanol–water partition coefficient (Wildman–Crippen LogP) is 2.12. The van der Waals surface area contributed by atoms with E-state index >= 15 is 0 Å². The van der Waals surface area contributed by atoms with E-state index in [0.29, 0.717) is 0 Å². The first kappa shape index (κ1) is 12.8. The Balaban J connectivity index is 2.11. The highest BCUT2D eigenvalue weighted by atomic mass is 32.2. The highest BCUT2D eigenvalue weighted by molar-refractivity contribution is 7.89. The summed E-state index contributed by atoms with van der Waals surface area (Å²) in [6, 6.07) is 16.9. The van der Waals surface area contributed by atoms with Crippen molar-refractivity contribution in [2.45, 2.75) is 17.7 Å². The van der Waals surface area contributed by atoms with E-state index in [1.165, 1.54) is 11.6 Å². The van der Waals surface area contributed by atoms with Gasteiger partial charge >= 0.3 is 0 Å². The van der Waals surface area contributed by atoms with E-state index in [9.17, 15) is 8.42 Å². The maximum absolute atomic E-state index is 11.2. The molecule has 0 atom stereocenters. The number of primary sulfonamides is 1. The highest BCUT2D eigenvalue weighted by Gasteiger charge is 2.07. The molecule has 0 heterocycles. The Labute approximate surface area is 107 Å². The van der Waals surface area contributed by atoms with Gasteiger partial charge in [-0.05, 0) is 36.1 Å². The average Bonchev–Trinajstić information content (AvgIpc) is 2.37. The van der Waals surface area contributed by atoms with Crippen LogP contribution < -0.4 is 5.14 Å². The Hall–Kier alpha value is -1.65. The normalized spacial score (nSPS) is 11.4. The summed E-state index contributed by atoms with van der Waals surface area (Å²) in [4.78, 5) is 0.174. The molecule has 0 bridgehead atoms. The molecule has 18 heavy (non-hydrogen) atoms. The Morgan fingerprint density at radius 1 is 0.833 bits per heavy atom. The summed E-state index contributed by atoms with van der Waals surface area (Å²) in [5.41, 5.74) is 2.21. The van der Waals surface area contributed by atoms with Gasteiger partial charge in [-0.2, -0.15) is 0 Å². The average molecular weight is 261 g/mol. The van der Waals surface area contributed by atoms with Crippen molar-refractivity contribution in [3.05, 3.63) is 65.7 Å². The zero-order valence-corrected chi connectivity index (χ0v) is 10.7. The lowest BCUT2D eigenvalue weighted by Gasteiger charge is -2.04. The number of hydrogen-bond donors (Lipinski definition) is 1. The lowest BCUT2D eigenvalue weighted by Crippen LogP contribution is -2.12. The van der Waals surface area contributed by atoms with Crippen LogP contribution in [0.2, 0.25) is 0 Å². The van der Waals surface area contributed by atoms with E-state index < -0.39 is 10.0 Å². The van der Waals surface area contributed by atoms with Gasteiger partial charge in [0.05, 0.1) is 4.90 Å². The van der Waals surface area contributed by atoms with Crippen LogP contribution in [0.1, 0.15) is 11.1 Å². The van der Waals surface area contributed by atoms with Crippen molar-refractivity contribution in [2.75, 3.05) is 0 Å². The Morgan fingerprint density at radius 3 is 2.11 bits per heavy atom. The van der Waals surface area contributed by atoms with E-state index in [1.807, 2.05) is 24.3 Å². The van der Waals surface area contributed by atoms with Crippen LogP contribution in [0.15, 0.2) is 59.5 Å². The predicted molar refractivity (Wildman–Crippen MR) is 71.7 cm³/mol. The molecule has 2 aromatic rings. The van der Waals surface area contributed by atoms with Gasteiger partial charge in [0.2, 0.25) is 10.0 Å². The molecule has 0 amide bonds. The summed E-state index contributed by atoms with van der Waals surface area (Å²) >= 11 is 0. The largest absolute Gasteiger partial charge is 0.238 e. The van der Waals surface area contributed by atoms with Crippen LogP contribution in [0.4, 0.5) is 0 Å². The number of sulfonamides is 1. The standard InChI is InChI=1S/C14H15NO2S/c15-18(16,17)14-8-4-7-13(11-14)10-9-12-5-2-1-3-6-12/h1-8,11H,9-10H2,(H2,15,16,17). The molecule has 94 valence electrons. The van der Waals surface area contributed by atoms with Crippen molar-refractivity contribution in [2.24, 2.45) is 5.14 Å². The summed E-state index contributed by atoms with van der Waals surface area (Å²) in [5, 5.41) is 5.11. The number of benzene rings is 2. The summed E-state index contributed by atoms with van der Waals surface area (Å²) in [5.74, 6) is 0. The molecule has 2 rings (SSSR count). The SMILES string of the molecule is NS(=O)(=O)c1cccc(CCc2ccccc2)c1. The fourth-order valence-electron chi connectivity index (χ4n) is 1.81. The smallest absolute Gasteiger partial charge is 0.225 e. The van der Waals surface area contributed by atoms with Gasteiger partial charge in [-0.1, -0.05) is 42.5 Å². The Bertz CT molecular complexity index is 621. The van der Waals surface area contributed by atoms with Gasteiger partial charge < -0.3 is 0 Å². The minimum atomic E-state index is -3.61. The van der Waals surface area contributed by atoms with E-state index in [2.05, 4.69) is 12.1 Å². The van der Waals surface area contributed by atoms with Crippen LogP contribution in [-0.2, 0) is 22.9 Å². The van der Waals surface area contributed by atoms with Crippen LogP contribution in [0, 0.1) is 0 Å². The second kappa shape index (κ2) is 5.33. The molecule has 2 aromatic carbocycles. The maximum Gasteiger partial charge on any atom is 0.238 e. The number of nitrogens with two attached hydrogens (primary N) is 1. The molecule has 0 aliphatic heterocycles. The van der Waals surface area contributed by atoms with Gasteiger partial charge in [-0.25, -0.2) is 13.6 Å². The Kier molecular flexibility index (Phi) is 3.79. The first-order valence-corrected chi connectivity index (χ1v) is 7.26. The molecule has 0 saturated carbocycles. The Morgan fingerprint density at radius 2 is 1.44 bits per heavy atom. The third-order valence-electron chi connectivity index (χ3n) is 2.77. The summed E-state index contributed by atoms with van der Waals surface area (Å²) in [6.45, 7) is 0. The second-order valence-electron chi connectivity index (χ2n) is 4.18. The lowest BCUT2D eigenvalue weighted by atomic mass is 10.0. The molecule has 3 nitrogen and oxygen atoms in total. The minimum absolute atomic E-state index is 0.174. The molecule has 0 radical (unpaired) electrons. The highest BCUT2D eigenvalue weighted by Crippen LogP contribution is 2.12. The van der Waals surface area contributed by atoms with Crippen molar-refractivity contribution in [3.63, 3.8) is 0 Å². The van der Waals surface area contributed by atoms with E-state index in [-0.39, 0.29) is 4.90 Å². The van der Waals surface area contributed by atoms with Crippen LogP contribution in [0.5, 0.6) is 0 Å². The van der Waals surface area contributed by atoms with Crippen molar-refractivity contribution in [1.82, 2.24) is 0 Å². The van der Waals surface area contributed by atoms with Gasteiger partial charge in [0.1, 0.15) is 0 Å². The number of hydrogen-bond acceptors (Lipinski definition) is 2. The summed E-state index contributed by atoms with van der Waals surface area (Å²) in [7, 11) is -3.61. The van der Waals surface area contributed by atoms with Gasteiger partial charge in [0, 0.05) is 0 Å². The molecule has 0 aromatic heterocycles. The fraction of sp³-hybridized carbons (Fsp3) is 0.143. The quantitative estimate of drug-likeness (QED) is 0.916. The molecular formula is C14H15NO2S. The monoisotopic (exact) mass is 261 g/mol. The van der Waals surface area contributed by atoms with Crippen molar-refractivity contribution in [3.8, 4) is 0 Å². The number of aryl methyl sites for hydroxylation is 2. The van der Waals surface area contributed by atoms with E-state index in [0.717, 1.165) is 18.4 Å². The fourth-order valence-corrected chi connectivity index (χ4v) is 2.40. The topological polar surface area (TPSA) is 60.2 Å². The minimum Gasteiger partial charge on any atom is -0.225 e. The molecule has 0 fully saturated rings. The lowest BCUT2D eigenvalue weighted by molar-refractivity contribution is 0.597. The van der Waals surface area contributed by atoms with Gasteiger partial charge in [0.25, 0.3) is 0 Å². The zero-order chi connectivity index (χ0) is 13.0. The van der Waals surface area contributed by atoms with E-state index in [4.69, 9.17) is 5.14 Å². The van der Waals surface area contributed by atoms with Crippen LogP contribution >= 0.6 is 0 Å². The van der Waals surface area contributed by atoms with Crippen LogP contribution in [-0.4, -0.2) is 8.42 Å². The number of rotatable bonds is 4. The van der Waals surface area contributed by atoms with Gasteiger partial charge in [-0.3, -0.25) is 0 Å². The second-order valence-corrected chi connectivity index (χ2v) is 5.74. The molecule has 0 spiro atoms. The molecular weight excluding hydrogens is 246 g/mol. The molecule has 0 aliphatic rings. The van der Waals surface area contributed by atoms with Crippen LogP contribution in [0.3, 0.4) is 0 Å². The maximum atomic E-state index is 11.2. The first-order chi connectivity index (χ1) is 8.55. The molecule has 0 unspecified atom stereocenters. The molecule has 0 saturated heterocycles. The third-order valence-corrected chi connectivity index (χ3v) is 3.68. The molecule has 0 aliphatic carbocycles.